The van der Waals surface area contributed by atoms with E-state index < -0.39 is 6.17 Å². The van der Waals surface area contributed by atoms with Crippen LogP contribution in [0.5, 0.6) is 0 Å². The Kier molecular flexibility index (Phi) is 1.53. The smallest absolute Gasteiger partial charge is 0.104 e. The number of hydrogen-bond acceptors (Lipinski definition) is 1. The third-order valence-corrected chi connectivity index (χ3v) is 4.91. The molecule has 0 bridgehead atoms. The Morgan fingerprint density at radius 3 is 3.07 bits per heavy atom. The highest BCUT2D eigenvalue weighted by atomic mass is 19.1. The molecule has 3 aliphatic carbocycles. The van der Waals surface area contributed by atoms with Gasteiger partial charge in [0.2, 0.25) is 0 Å². The number of alkyl halides is 1. The Morgan fingerprint density at radius 2 is 2.29 bits per heavy atom. The molecule has 14 heavy (non-hydrogen) atoms. The van der Waals surface area contributed by atoms with Crippen molar-refractivity contribution in [2.75, 3.05) is 0 Å². The summed E-state index contributed by atoms with van der Waals surface area (Å²) in [4.78, 5) is 0. The largest absolute Gasteiger partial charge is 0.324 e. The van der Waals surface area contributed by atoms with Crippen LogP contribution in [0.2, 0.25) is 0 Å². The first kappa shape index (κ1) is 8.90. The van der Waals surface area contributed by atoms with Gasteiger partial charge in [0.15, 0.2) is 0 Å². The molecule has 0 aromatic carbocycles. The fourth-order valence-corrected chi connectivity index (χ4v) is 4.14. The molecule has 2 N–H and O–H groups in total. The molecule has 0 heterocycles. The summed E-state index contributed by atoms with van der Waals surface area (Å²) in [5.41, 5.74) is 7.87. The van der Waals surface area contributed by atoms with Crippen molar-refractivity contribution in [1.82, 2.24) is 0 Å². The molecule has 0 aromatic heterocycles. The van der Waals surface area contributed by atoms with Crippen LogP contribution in [-0.4, -0.2) is 11.7 Å². The molecule has 2 fully saturated rings. The van der Waals surface area contributed by atoms with Crippen molar-refractivity contribution in [2.24, 2.45) is 17.1 Å². The SMILES string of the molecule is CC1(N)C2CCC=C3CC(F)CCC321. The maximum absolute atomic E-state index is 13.3. The lowest BCUT2D eigenvalue weighted by Crippen LogP contribution is -2.32. The molecule has 3 rings (SSSR count). The summed E-state index contributed by atoms with van der Waals surface area (Å²) in [5.74, 6) is 0.641. The first-order chi connectivity index (χ1) is 6.59. The molecule has 2 heteroatoms. The molecule has 0 radical (unpaired) electrons. The van der Waals surface area contributed by atoms with Gasteiger partial charge in [-0.2, -0.15) is 0 Å². The highest BCUT2D eigenvalue weighted by molar-refractivity contribution is 5.42. The van der Waals surface area contributed by atoms with E-state index >= 15 is 0 Å². The monoisotopic (exact) mass is 195 g/mol. The number of allylic oxidation sites excluding steroid dienone is 1. The van der Waals surface area contributed by atoms with Crippen molar-refractivity contribution in [3.63, 3.8) is 0 Å². The normalized spacial score (nSPS) is 55.8. The quantitative estimate of drug-likeness (QED) is 0.591. The van der Waals surface area contributed by atoms with Gasteiger partial charge in [0.25, 0.3) is 0 Å². The van der Waals surface area contributed by atoms with Crippen LogP contribution in [0.4, 0.5) is 4.39 Å². The van der Waals surface area contributed by atoms with Gasteiger partial charge in [0, 0.05) is 17.4 Å². The van der Waals surface area contributed by atoms with Crippen LogP contribution in [0, 0.1) is 11.3 Å². The first-order valence-electron chi connectivity index (χ1n) is 5.71. The average molecular weight is 195 g/mol. The molecule has 1 spiro atoms. The van der Waals surface area contributed by atoms with Gasteiger partial charge >= 0.3 is 0 Å². The van der Waals surface area contributed by atoms with Crippen molar-refractivity contribution < 1.29 is 4.39 Å². The Labute approximate surface area is 84.6 Å². The molecule has 0 aromatic rings. The molecule has 1 nitrogen and oxygen atoms in total. The fourth-order valence-electron chi connectivity index (χ4n) is 4.14. The molecular weight excluding hydrogens is 177 g/mol. The lowest BCUT2D eigenvalue weighted by Gasteiger charge is -2.32. The van der Waals surface area contributed by atoms with Crippen molar-refractivity contribution in [1.29, 1.82) is 0 Å². The van der Waals surface area contributed by atoms with Gasteiger partial charge in [-0.15, -0.1) is 0 Å². The summed E-state index contributed by atoms with van der Waals surface area (Å²) in [5, 5.41) is 0. The lowest BCUT2D eigenvalue weighted by molar-refractivity contribution is 0.224. The summed E-state index contributed by atoms with van der Waals surface area (Å²) < 4.78 is 13.3. The zero-order chi connectivity index (χ0) is 9.97. The van der Waals surface area contributed by atoms with Crippen LogP contribution in [0.15, 0.2) is 11.6 Å². The topological polar surface area (TPSA) is 26.0 Å². The minimum atomic E-state index is -0.609. The molecule has 0 aliphatic heterocycles. The molecule has 3 aliphatic rings. The number of nitrogens with two attached hydrogens (primary N) is 1. The highest BCUT2D eigenvalue weighted by Gasteiger charge is 2.73. The van der Waals surface area contributed by atoms with Gasteiger partial charge in [0.1, 0.15) is 6.17 Å². The fraction of sp³-hybridized carbons (Fsp3) is 0.833. The first-order valence-corrected chi connectivity index (χ1v) is 5.71. The molecule has 78 valence electrons. The van der Waals surface area contributed by atoms with Crippen LogP contribution in [0.3, 0.4) is 0 Å². The van der Waals surface area contributed by atoms with Gasteiger partial charge in [-0.3, -0.25) is 0 Å². The second-order valence-electron chi connectivity index (χ2n) is 5.45. The number of halogens is 1. The second-order valence-corrected chi connectivity index (χ2v) is 5.45. The Balaban J connectivity index is 1.99. The predicted molar refractivity (Wildman–Crippen MR) is 54.6 cm³/mol. The van der Waals surface area contributed by atoms with E-state index in [9.17, 15) is 4.39 Å². The lowest BCUT2D eigenvalue weighted by atomic mass is 9.74. The van der Waals surface area contributed by atoms with E-state index in [1.165, 1.54) is 12.0 Å². The summed E-state index contributed by atoms with van der Waals surface area (Å²) in [6.07, 6.45) is 6.35. The molecule has 0 saturated heterocycles. The average Bonchev–Trinajstić information content (AvgIpc) is 2.63. The van der Waals surface area contributed by atoms with E-state index in [4.69, 9.17) is 5.73 Å². The van der Waals surface area contributed by atoms with Crippen LogP contribution >= 0.6 is 0 Å². The van der Waals surface area contributed by atoms with E-state index in [1.54, 1.807) is 0 Å². The molecule has 2 saturated carbocycles. The van der Waals surface area contributed by atoms with E-state index in [2.05, 4.69) is 13.0 Å². The maximum atomic E-state index is 13.3. The highest BCUT2D eigenvalue weighted by Crippen LogP contribution is 2.72. The van der Waals surface area contributed by atoms with Gasteiger partial charge in [-0.05, 0) is 38.5 Å². The van der Waals surface area contributed by atoms with E-state index in [1.807, 2.05) is 0 Å². The third kappa shape index (κ3) is 0.796. The number of hydrogen-bond donors (Lipinski definition) is 1. The van der Waals surface area contributed by atoms with E-state index in [-0.39, 0.29) is 11.0 Å². The summed E-state index contributed by atoms with van der Waals surface area (Å²) in [6, 6.07) is 0. The third-order valence-electron chi connectivity index (χ3n) is 4.91. The van der Waals surface area contributed by atoms with Crippen molar-refractivity contribution in [3.05, 3.63) is 11.6 Å². The van der Waals surface area contributed by atoms with Crippen molar-refractivity contribution >= 4 is 0 Å². The molecular formula is C12H18FN. The van der Waals surface area contributed by atoms with Crippen LogP contribution in [0.1, 0.15) is 39.0 Å². The zero-order valence-corrected chi connectivity index (χ0v) is 8.72. The standard InChI is InChI=1S/C12H18FN/c1-11(14)10-4-2-3-8-7-9(13)5-6-12(8,10)11/h3,9-10H,2,4-7,14H2,1H3. The minimum Gasteiger partial charge on any atom is -0.324 e. The van der Waals surface area contributed by atoms with Gasteiger partial charge in [0.05, 0.1) is 0 Å². The van der Waals surface area contributed by atoms with E-state index in [0.717, 1.165) is 19.3 Å². The van der Waals surface area contributed by atoms with Crippen LogP contribution < -0.4 is 5.73 Å². The van der Waals surface area contributed by atoms with Gasteiger partial charge in [-0.1, -0.05) is 11.6 Å². The van der Waals surface area contributed by atoms with Crippen LogP contribution in [-0.2, 0) is 0 Å². The zero-order valence-electron chi connectivity index (χ0n) is 8.72. The van der Waals surface area contributed by atoms with Crippen LogP contribution in [0.25, 0.3) is 0 Å². The van der Waals surface area contributed by atoms with E-state index in [0.29, 0.717) is 12.3 Å². The summed E-state index contributed by atoms with van der Waals surface area (Å²) in [6.45, 7) is 2.16. The maximum Gasteiger partial charge on any atom is 0.104 e. The second kappa shape index (κ2) is 2.41. The molecule has 4 unspecified atom stereocenters. The summed E-state index contributed by atoms with van der Waals surface area (Å²) >= 11 is 0. The van der Waals surface area contributed by atoms with Crippen molar-refractivity contribution in [3.8, 4) is 0 Å². The number of rotatable bonds is 0. The Bertz CT molecular complexity index is 307. The Morgan fingerprint density at radius 1 is 1.50 bits per heavy atom. The van der Waals surface area contributed by atoms with Gasteiger partial charge < -0.3 is 5.73 Å². The minimum absolute atomic E-state index is 0.0323. The predicted octanol–water partition coefficient (Wildman–Crippen LogP) is 2.56. The van der Waals surface area contributed by atoms with Gasteiger partial charge in [-0.25, -0.2) is 4.39 Å². The molecule has 0 amide bonds. The molecule has 4 atom stereocenters. The Hall–Kier alpha value is -0.370. The van der Waals surface area contributed by atoms with Crippen molar-refractivity contribution in [2.45, 2.75) is 50.7 Å². The summed E-state index contributed by atoms with van der Waals surface area (Å²) in [7, 11) is 0.